The zero-order valence-corrected chi connectivity index (χ0v) is 26.1. The lowest BCUT2D eigenvalue weighted by Gasteiger charge is -2.34. The third-order valence-electron chi connectivity index (χ3n) is 6.84. The van der Waals surface area contributed by atoms with Crippen LogP contribution in [0.4, 0.5) is 10.5 Å². The molecule has 42 heavy (non-hydrogen) atoms. The molecule has 1 aliphatic heterocycles. The van der Waals surface area contributed by atoms with Gasteiger partial charge in [-0.2, -0.15) is 0 Å². The molecule has 11 nitrogen and oxygen atoms in total. The van der Waals surface area contributed by atoms with Crippen LogP contribution >= 0.6 is 0 Å². The number of aliphatic hydroxyl groups excluding tert-OH is 1. The lowest BCUT2D eigenvalue weighted by atomic mass is 9.90. The number of aliphatic hydroxyl groups is 1. The maximum Gasteiger partial charge on any atom is 0.407 e. The molecule has 0 aliphatic carbocycles. The Morgan fingerprint density at radius 3 is 2.45 bits per heavy atom. The number of para-hydroxylation sites is 2. The molecular formula is C31H49N3O8. The van der Waals surface area contributed by atoms with Crippen LogP contribution in [0.5, 0.6) is 5.75 Å². The molecule has 1 aliphatic rings. The fourth-order valence-corrected chi connectivity index (χ4v) is 4.72. The Bertz CT molecular complexity index is 1060. The van der Waals surface area contributed by atoms with Gasteiger partial charge in [0, 0.05) is 18.9 Å². The number of ether oxygens (including phenoxy) is 3. The van der Waals surface area contributed by atoms with Gasteiger partial charge in [-0.1, -0.05) is 39.3 Å². The average Bonchev–Trinajstić information content (AvgIpc) is 2.91. The van der Waals surface area contributed by atoms with Crippen LogP contribution in [0, 0.1) is 11.8 Å². The summed E-state index contributed by atoms with van der Waals surface area (Å²) in [6.45, 7) is 13.3. The number of benzene rings is 1. The van der Waals surface area contributed by atoms with Crippen molar-refractivity contribution in [3.05, 3.63) is 24.3 Å². The Kier molecular flexibility index (Phi) is 13.6. The van der Waals surface area contributed by atoms with E-state index in [1.54, 1.807) is 58.9 Å². The molecule has 3 N–H and O–H groups in total. The number of carbonyl (C=O) groups excluding carboxylic acids is 4. The molecule has 0 bridgehead atoms. The normalized spacial score (nSPS) is 17.5. The number of hydrogen-bond donors (Lipinski definition) is 3. The summed E-state index contributed by atoms with van der Waals surface area (Å²) in [5, 5.41) is 16.8. The van der Waals surface area contributed by atoms with E-state index in [1.165, 1.54) is 4.90 Å². The molecule has 236 valence electrons. The van der Waals surface area contributed by atoms with Crippen LogP contribution in [-0.2, 0) is 23.9 Å². The lowest BCUT2D eigenvalue weighted by molar-refractivity contribution is -0.151. The standard InChI is InChI=1S/C31H49N3O8/c1-8-10-15-32-28(37)21(4)18-24(35)22(33-30(39)42-31(5,6)7)16-20(3)17-27(36)34-19-26(29(38)40-9-2)41-25-14-12-11-13-23(25)34/h11-14,20-22,24,26,35H,8-10,15-19H2,1-7H3,(H,32,37)(H,33,39)/t20-,21+,22-,24-,26?/m0/s1. The minimum atomic E-state index is -1.06. The number of alkyl carbamates (subject to hydrolysis) is 1. The molecule has 1 heterocycles. The predicted octanol–water partition coefficient (Wildman–Crippen LogP) is 3.96. The average molecular weight is 592 g/mol. The molecule has 0 radical (unpaired) electrons. The number of hydrogen-bond acceptors (Lipinski definition) is 8. The number of nitrogens with zero attached hydrogens (tertiary/aromatic N) is 1. The highest BCUT2D eigenvalue weighted by molar-refractivity contribution is 5.97. The highest BCUT2D eigenvalue weighted by Crippen LogP contribution is 2.34. The molecular weight excluding hydrogens is 542 g/mol. The van der Waals surface area contributed by atoms with Crippen molar-refractivity contribution in [1.29, 1.82) is 0 Å². The Labute approximate surface area is 249 Å². The number of rotatable bonds is 14. The van der Waals surface area contributed by atoms with Crippen molar-refractivity contribution in [1.82, 2.24) is 10.6 Å². The molecule has 1 aromatic carbocycles. The molecule has 3 amide bonds. The molecule has 5 atom stereocenters. The van der Waals surface area contributed by atoms with E-state index in [1.807, 2.05) is 13.8 Å². The summed E-state index contributed by atoms with van der Waals surface area (Å²) in [6, 6.07) is 6.23. The fourth-order valence-electron chi connectivity index (χ4n) is 4.72. The number of nitrogens with one attached hydrogen (secondary N) is 2. The molecule has 0 fully saturated rings. The van der Waals surface area contributed by atoms with Crippen LogP contribution in [-0.4, -0.2) is 72.5 Å². The highest BCUT2D eigenvalue weighted by atomic mass is 16.6. The number of amides is 3. The van der Waals surface area contributed by atoms with Gasteiger partial charge in [-0.25, -0.2) is 9.59 Å². The third-order valence-corrected chi connectivity index (χ3v) is 6.84. The van der Waals surface area contributed by atoms with E-state index in [2.05, 4.69) is 10.6 Å². The summed E-state index contributed by atoms with van der Waals surface area (Å²) in [6.07, 6.45) is -0.424. The highest BCUT2D eigenvalue weighted by Gasteiger charge is 2.36. The van der Waals surface area contributed by atoms with Crippen LogP contribution in [0.3, 0.4) is 0 Å². The van der Waals surface area contributed by atoms with E-state index in [4.69, 9.17) is 14.2 Å². The zero-order valence-electron chi connectivity index (χ0n) is 26.1. The first kappa shape index (κ1) is 34.9. The predicted molar refractivity (Wildman–Crippen MR) is 159 cm³/mol. The largest absolute Gasteiger partial charge is 0.475 e. The SMILES string of the molecule is CCCCNC(=O)[C@H](C)C[C@H](O)[C@H](C[C@H](C)CC(=O)N1CC(C(=O)OCC)Oc2ccccc21)NC(=O)OC(C)(C)C. The smallest absolute Gasteiger partial charge is 0.407 e. The number of carbonyl (C=O) groups is 4. The summed E-state index contributed by atoms with van der Waals surface area (Å²) in [7, 11) is 0. The molecule has 2 rings (SSSR count). The molecule has 0 saturated carbocycles. The van der Waals surface area contributed by atoms with E-state index in [9.17, 15) is 24.3 Å². The first-order chi connectivity index (χ1) is 19.7. The van der Waals surface area contributed by atoms with Crippen LogP contribution in [0.1, 0.15) is 80.6 Å². The fraction of sp³-hybridized carbons (Fsp3) is 0.677. The Balaban J connectivity index is 2.14. The second-order valence-corrected chi connectivity index (χ2v) is 12.0. The van der Waals surface area contributed by atoms with E-state index in [0.717, 1.165) is 12.8 Å². The summed E-state index contributed by atoms with van der Waals surface area (Å²) in [5.74, 6) is -1.30. The van der Waals surface area contributed by atoms with Crippen molar-refractivity contribution in [2.45, 2.75) is 104 Å². The van der Waals surface area contributed by atoms with Gasteiger partial charge in [-0.15, -0.1) is 0 Å². The van der Waals surface area contributed by atoms with Crippen molar-refractivity contribution in [2.75, 3.05) is 24.6 Å². The van der Waals surface area contributed by atoms with Crippen LogP contribution in [0.2, 0.25) is 0 Å². The van der Waals surface area contributed by atoms with Gasteiger partial charge < -0.3 is 34.9 Å². The van der Waals surface area contributed by atoms with Gasteiger partial charge in [0.2, 0.25) is 17.9 Å². The van der Waals surface area contributed by atoms with Crippen molar-refractivity contribution < 1.29 is 38.5 Å². The van der Waals surface area contributed by atoms with Gasteiger partial charge in [0.1, 0.15) is 11.4 Å². The third kappa shape index (κ3) is 11.2. The van der Waals surface area contributed by atoms with Crippen molar-refractivity contribution in [3.8, 4) is 5.75 Å². The summed E-state index contributed by atoms with van der Waals surface area (Å²) >= 11 is 0. The molecule has 1 unspecified atom stereocenters. The zero-order chi connectivity index (χ0) is 31.4. The first-order valence-electron chi connectivity index (χ1n) is 14.9. The molecule has 11 heteroatoms. The number of unbranched alkanes of at least 4 members (excludes halogenated alkanes) is 1. The Morgan fingerprint density at radius 2 is 1.81 bits per heavy atom. The van der Waals surface area contributed by atoms with Crippen molar-refractivity contribution in [2.24, 2.45) is 11.8 Å². The molecule has 0 spiro atoms. The minimum Gasteiger partial charge on any atom is -0.475 e. The maximum atomic E-state index is 13.5. The number of anilines is 1. The van der Waals surface area contributed by atoms with E-state index < -0.39 is 41.8 Å². The molecule has 1 aromatic rings. The van der Waals surface area contributed by atoms with Crippen molar-refractivity contribution >= 4 is 29.6 Å². The first-order valence-corrected chi connectivity index (χ1v) is 14.9. The van der Waals surface area contributed by atoms with Gasteiger partial charge >= 0.3 is 12.1 Å². The lowest BCUT2D eigenvalue weighted by Crippen LogP contribution is -2.49. The van der Waals surface area contributed by atoms with Gasteiger partial charge in [-0.05, 0) is 65.0 Å². The van der Waals surface area contributed by atoms with Crippen LogP contribution in [0.15, 0.2) is 24.3 Å². The summed E-state index contributed by atoms with van der Waals surface area (Å²) in [4.78, 5) is 52.7. The number of esters is 1. The van der Waals surface area contributed by atoms with Gasteiger partial charge in [0.05, 0.1) is 31.0 Å². The van der Waals surface area contributed by atoms with E-state index >= 15 is 0 Å². The molecule has 0 aromatic heterocycles. The monoisotopic (exact) mass is 591 g/mol. The van der Waals surface area contributed by atoms with Gasteiger partial charge in [0.25, 0.3) is 0 Å². The number of fused-ring (bicyclic) bond motifs is 1. The van der Waals surface area contributed by atoms with Gasteiger partial charge in [-0.3, -0.25) is 9.59 Å². The van der Waals surface area contributed by atoms with Crippen molar-refractivity contribution in [3.63, 3.8) is 0 Å². The Hall–Kier alpha value is -3.34. The van der Waals surface area contributed by atoms with E-state index in [0.29, 0.717) is 18.0 Å². The minimum absolute atomic E-state index is 0.00820. The molecule has 0 saturated heterocycles. The Morgan fingerprint density at radius 1 is 1.12 bits per heavy atom. The topological polar surface area (TPSA) is 144 Å². The maximum absolute atomic E-state index is 13.5. The van der Waals surface area contributed by atoms with Crippen LogP contribution < -0.4 is 20.3 Å². The summed E-state index contributed by atoms with van der Waals surface area (Å²) in [5.41, 5.74) is -0.186. The second kappa shape index (κ2) is 16.3. The second-order valence-electron chi connectivity index (χ2n) is 12.0. The van der Waals surface area contributed by atoms with E-state index in [-0.39, 0.29) is 50.1 Å². The quantitative estimate of drug-likeness (QED) is 0.218. The van der Waals surface area contributed by atoms with Crippen LogP contribution in [0.25, 0.3) is 0 Å². The summed E-state index contributed by atoms with van der Waals surface area (Å²) < 4.78 is 16.3. The van der Waals surface area contributed by atoms with Gasteiger partial charge in [0.15, 0.2) is 0 Å².